The lowest BCUT2D eigenvalue weighted by Gasteiger charge is -2.47. The minimum absolute atomic E-state index is 0.0686. The summed E-state index contributed by atoms with van der Waals surface area (Å²) in [5, 5.41) is 13.7. The second-order valence-electron chi connectivity index (χ2n) is 9.93. The van der Waals surface area contributed by atoms with Crippen LogP contribution in [0.15, 0.2) is 29.1 Å². The Kier molecular flexibility index (Phi) is 6.29. The molecular weight excluding hydrogens is 416 g/mol. The molecule has 1 N–H and O–H groups in total. The Hall–Kier alpha value is -2.58. The maximum absolute atomic E-state index is 13.4. The fraction of sp³-hybridized carbons (Fsp3) is 0.600. The Morgan fingerprint density at radius 3 is 2.79 bits per heavy atom. The van der Waals surface area contributed by atoms with Crippen molar-refractivity contribution in [2.45, 2.75) is 64.5 Å². The molecule has 2 aromatic heterocycles. The summed E-state index contributed by atoms with van der Waals surface area (Å²) in [6.07, 6.45) is 8.92. The number of ether oxygens (including phenoxy) is 1. The van der Waals surface area contributed by atoms with E-state index in [0.717, 1.165) is 41.8 Å². The van der Waals surface area contributed by atoms with E-state index in [2.05, 4.69) is 38.4 Å². The molecule has 1 aliphatic carbocycles. The number of piperidine rings is 1. The normalized spacial score (nSPS) is 19.8. The van der Waals surface area contributed by atoms with Crippen molar-refractivity contribution in [3.05, 3.63) is 51.6 Å². The van der Waals surface area contributed by atoms with Crippen LogP contribution >= 0.6 is 0 Å². The summed E-state index contributed by atoms with van der Waals surface area (Å²) in [6.45, 7) is 5.07. The molecule has 1 atom stereocenters. The highest BCUT2D eigenvalue weighted by molar-refractivity contribution is 5.79. The molecule has 0 unspecified atom stereocenters. The largest absolute Gasteiger partial charge is 0.383 e. The van der Waals surface area contributed by atoms with Gasteiger partial charge >= 0.3 is 0 Å². The van der Waals surface area contributed by atoms with Crippen molar-refractivity contribution < 1.29 is 4.74 Å². The van der Waals surface area contributed by atoms with E-state index in [1.807, 2.05) is 18.2 Å². The first-order chi connectivity index (χ1) is 16.1. The third kappa shape index (κ3) is 4.46. The number of nitrogens with zero attached hydrogens (tertiary/aromatic N) is 5. The van der Waals surface area contributed by atoms with Crippen LogP contribution < -0.4 is 5.56 Å². The summed E-state index contributed by atoms with van der Waals surface area (Å²) >= 11 is 0. The number of pyridine rings is 1. The van der Waals surface area contributed by atoms with E-state index in [9.17, 15) is 4.79 Å². The molecular formula is C25H34N6O2. The highest BCUT2D eigenvalue weighted by Crippen LogP contribution is 2.45. The zero-order valence-corrected chi connectivity index (χ0v) is 19.7. The van der Waals surface area contributed by atoms with Crippen LogP contribution in [0, 0.1) is 12.3 Å². The zero-order valence-electron chi connectivity index (χ0n) is 19.7. The third-order valence-corrected chi connectivity index (χ3v) is 7.60. The van der Waals surface area contributed by atoms with Crippen LogP contribution in [0.3, 0.4) is 0 Å². The van der Waals surface area contributed by atoms with Crippen molar-refractivity contribution in [3.63, 3.8) is 0 Å². The minimum atomic E-state index is -0.287. The predicted molar refractivity (Wildman–Crippen MR) is 127 cm³/mol. The van der Waals surface area contributed by atoms with Gasteiger partial charge < -0.3 is 9.72 Å². The Morgan fingerprint density at radius 2 is 1.97 bits per heavy atom. The lowest BCUT2D eigenvalue weighted by Crippen LogP contribution is -2.47. The summed E-state index contributed by atoms with van der Waals surface area (Å²) in [7, 11) is 1.68. The van der Waals surface area contributed by atoms with Gasteiger partial charge in [-0.15, -0.1) is 5.10 Å². The standard InChI is InChI=1S/C25H34N6O2/c1-18-7-8-21-19(15-18)16-20(24(32)26-21)22(23-27-28-29-31(23)13-14-33-2)30-12-6-11-25(17-30)9-4-3-5-10-25/h7-8,15-16,22H,3-6,9-14,17H2,1-2H3,(H,26,32)/t22-/m1/s1. The number of benzene rings is 1. The van der Waals surface area contributed by atoms with E-state index >= 15 is 0 Å². The van der Waals surface area contributed by atoms with E-state index in [1.54, 1.807) is 11.8 Å². The van der Waals surface area contributed by atoms with Gasteiger partial charge in [-0.25, -0.2) is 4.68 Å². The average molecular weight is 451 g/mol. The molecule has 0 amide bonds. The molecule has 1 spiro atoms. The fourth-order valence-corrected chi connectivity index (χ4v) is 5.97. The number of tetrazole rings is 1. The van der Waals surface area contributed by atoms with Gasteiger partial charge in [-0.2, -0.15) is 0 Å². The molecule has 5 rings (SSSR count). The minimum Gasteiger partial charge on any atom is -0.383 e. The van der Waals surface area contributed by atoms with E-state index in [4.69, 9.17) is 4.74 Å². The second-order valence-corrected chi connectivity index (χ2v) is 9.93. The van der Waals surface area contributed by atoms with Gasteiger partial charge in [0, 0.05) is 24.7 Å². The first-order valence-corrected chi connectivity index (χ1v) is 12.2. The van der Waals surface area contributed by atoms with E-state index in [-0.39, 0.29) is 11.6 Å². The van der Waals surface area contributed by atoms with Gasteiger partial charge in [0.05, 0.1) is 13.2 Å². The van der Waals surface area contributed by atoms with Gasteiger partial charge in [-0.1, -0.05) is 30.9 Å². The molecule has 8 heteroatoms. The maximum Gasteiger partial charge on any atom is 0.253 e. The number of aromatic amines is 1. The van der Waals surface area contributed by atoms with Gasteiger partial charge in [0.25, 0.3) is 5.56 Å². The summed E-state index contributed by atoms with van der Waals surface area (Å²) in [5.41, 5.74) is 3.02. The number of nitrogens with one attached hydrogen (secondary N) is 1. The van der Waals surface area contributed by atoms with Crippen LogP contribution in [0.25, 0.3) is 10.9 Å². The topological polar surface area (TPSA) is 88.9 Å². The summed E-state index contributed by atoms with van der Waals surface area (Å²) in [6, 6.07) is 7.88. The molecule has 3 heterocycles. The van der Waals surface area contributed by atoms with Crippen LogP contribution in [0.2, 0.25) is 0 Å². The lowest BCUT2D eigenvalue weighted by atomic mass is 9.69. The van der Waals surface area contributed by atoms with Crippen LogP contribution in [0.1, 0.15) is 67.9 Å². The molecule has 1 aliphatic heterocycles. The number of methoxy groups -OCH3 is 1. The fourth-order valence-electron chi connectivity index (χ4n) is 5.97. The van der Waals surface area contributed by atoms with Gasteiger partial charge in [0.2, 0.25) is 0 Å². The van der Waals surface area contributed by atoms with Gasteiger partial charge in [-0.05, 0) is 78.6 Å². The van der Waals surface area contributed by atoms with Gasteiger partial charge in [0.1, 0.15) is 6.04 Å². The highest BCUT2D eigenvalue weighted by Gasteiger charge is 2.41. The zero-order chi connectivity index (χ0) is 22.8. The quantitative estimate of drug-likeness (QED) is 0.617. The van der Waals surface area contributed by atoms with Crippen molar-refractivity contribution in [1.82, 2.24) is 30.1 Å². The Balaban J connectivity index is 1.61. The van der Waals surface area contributed by atoms with Gasteiger partial charge in [-0.3, -0.25) is 9.69 Å². The second kappa shape index (κ2) is 9.35. The highest BCUT2D eigenvalue weighted by atomic mass is 16.5. The number of rotatable bonds is 6. The SMILES string of the molecule is COCCn1nnnc1[C@@H](c1cc2cc(C)ccc2[nH]c1=O)N1CCCC2(CCCCC2)C1. The molecule has 2 aliphatic rings. The summed E-state index contributed by atoms with van der Waals surface area (Å²) < 4.78 is 7.09. The van der Waals surface area contributed by atoms with E-state index in [0.29, 0.717) is 18.6 Å². The number of fused-ring (bicyclic) bond motifs is 1. The van der Waals surface area contributed by atoms with Crippen molar-refractivity contribution in [3.8, 4) is 0 Å². The first-order valence-electron chi connectivity index (χ1n) is 12.2. The predicted octanol–water partition coefficient (Wildman–Crippen LogP) is 3.61. The van der Waals surface area contributed by atoms with Crippen molar-refractivity contribution in [1.29, 1.82) is 0 Å². The monoisotopic (exact) mass is 450 g/mol. The average Bonchev–Trinajstić information content (AvgIpc) is 3.27. The smallest absolute Gasteiger partial charge is 0.253 e. The van der Waals surface area contributed by atoms with Crippen molar-refractivity contribution in [2.24, 2.45) is 5.41 Å². The Labute approximate surface area is 194 Å². The van der Waals surface area contributed by atoms with E-state index < -0.39 is 0 Å². The number of likely N-dealkylation sites (tertiary alicyclic amines) is 1. The molecule has 176 valence electrons. The molecule has 2 fully saturated rings. The molecule has 1 saturated carbocycles. The Bertz CT molecular complexity index is 1160. The third-order valence-electron chi connectivity index (χ3n) is 7.60. The molecule has 0 bridgehead atoms. The summed E-state index contributed by atoms with van der Waals surface area (Å²) in [4.78, 5) is 19.0. The van der Waals surface area contributed by atoms with Crippen molar-refractivity contribution in [2.75, 3.05) is 26.8 Å². The number of aromatic nitrogens is 5. The van der Waals surface area contributed by atoms with Gasteiger partial charge in [0.15, 0.2) is 5.82 Å². The lowest BCUT2D eigenvalue weighted by molar-refractivity contribution is 0.0335. The number of aryl methyl sites for hydroxylation is 1. The number of H-pyrrole nitrogens is 1. The number of hydrogen-bond acceptors (Lipinski definition) is 6. The van der Waals surface area contributed by atoms with Crippen LogP contribution in [-0.4, -0.2) is 56.9 Å². The molecule has 1 aromatic carbocycles. The van der Waals surface area contributed by atoms with E-state index in [1.165, 1.54) is 44.1 Å². The first kappa shape index (κ1) is 22.2. The molecule has 3 aromatic rings. The number of hydrogen-bond donors (Lipinski definition) is 1. The molecule has 0 radical (unpaired) electrons. The maximum atomic E-state index is 13.4. The van der Waals surface area contributed by atoms with Crippen LogP contribution in [-0.2, 0) is 11.3 Å². The molecule has 8 nitrogen and oxygen atoms in total. The molecule has 33 heavy (non-hydrogen) atoms. The van der Waals surface area contributed by atoms with Crippen molar-refractivity contribution >= 4 is 10.9 Å². The summed E-state index contributed by atoms with van der Waals surface area (Å²) in [5.74, 6) is 0.720. The van der Waals surface area contributed by atoms with Crippen LogP contribution in [0.5, 0.6) is 0 Å². The van der Waals surface area contributed by atoms with Crippen LogP contribution in [0.4, 0.5) is 0 Å². The Morgan fingerprint density at radius 1 is 1.15 bits per heavy atom. The molecule has 1 saturated heterocycles.